The summed E-state index contributed by atoms with van der Waals surface area (Å²) >= 11 is 0. The van der Waals surface area contributed by atoms with Gasteiger partial charge in [0.15, 0.2) is 0 Å². The summed E-state index contributed by atoms with van der Waals surface area (Å²) in [6.45, 7) is 13.4. The van der Waals surface area contributed by atoms with Crippen molar-refractivity contribution in [3.05, 3.63) is 108 Å². The summed E-state index contributed by atoms with van der Waals surface area (Å²) in [6, 6.07) is 32.6. The zero-order chi connectivity index (χ0) is 25.0. The number of rotatable bonds is 4. The Bertz CT molecular complexity index is 1380. The molecule has 5 rings (SSSR count). The molecule has 4 aromatic rings. The molecule has 0 aliphatic heterocycles. The molecule has 0 amide bonds. The fourth-order valence-corrected chi connectivity index (χ4v) is 5.64. The van der Waals surface area contributed by atoms with Crippen LogP contribution in [0.4, 0.5) is 11.4 Å². The summed E-state index contributed by atoms with van der Waals surface area (Å²) in [5.41, 5.74) is 10.7. The van der Waals surface area contributed by atoms with Crippen molar-refractivity contribution >= 4 is 11.4 Å². The van der Waals surface area contributed by atoms with Crippen LogP contribution in [0.5, 0.6) is 0 Å². The number of fused-ring (bicyclic) bond motifs is 3. The van der Waals surface area contributed by atoms with Gasteiger partial charge in [0.25, 0.3) is 0 Å². The molecular formula is C33H35N. The van der Waals surface area contributed by atoms with Crippen LogP contribution in [0.15, 0.2) is 91.0 Å². The first-order valence-electron chi connectivity index (χ1n) is 12.8. The molecule has 0 aromatic heterocycles. The quantitative estimate of drug-likeness (QED) is 0.302. The standard InChI is InChI=1S/C33H35N/c1-7-26-30(21-20-29-31(26)27-18-11-12-19-28(27)33(29,5)6)34(32(2,3)4)25-17-13-16-24(22-25)23-14-9-8-10-15-23/h8-22H,7H2,1-6H3/i7D. The second-order valence-corrected chi connectivity index (χ2v) is 10.8. The van der Waals surface area contributed by atoms with Crippen molar-refractivity contribution in [3.63, 3.8) is 0 Å². The Labute approximate surface area is 206 Å². The minimum atomic E-state index is -0.357. The maximum absolute atomic E-state index is 9.01. The fourth-order valence-electron chi connectivity index (χ4n) is 5.64. The summed E-state index contributed by atoms with van der Waals surface area (Å²) in [7, 11) is 0. The third-order valence-electron chi connectivity index (χ3n) is 7.18. The average Bonchev–Trinajstić information content (AvgIpc) is 3.06. The summed E-state index contributed by atoms with van der Waals surface area (Å²) < 4.78 is 9.01. The van der Waals surface area contributed by atoms with E-state index in [1.807, 2.05) is 6.92 Å². The Morgan fingerprint density at radius 3 is 2.15 bits per heavy atom. The molecule has 0 fully saturated rings. The van der Waals surface area contributed by atoms with E-state index >= 15 is 0 Å². The molecule has 1 unspecified atom stereocenters. The molecule has 172 valence electrons. The number of anilines is 2. The molecule has 0 bridgehead atoms. The zero-order valence-corrected chi connectivity index (χ0v) is 21.2. The second-order valence-electron chi connectivity index (χ2n) is 10.8. The Morgan fingerprint density at radius 1 is 0.765 bits per heavy atom. The third-order valence-corrected chi connectivity index (χ3v) is 7.18. The van der Waals surface area contributed by atoms with Crippen molar-refractivity contribution in [3.8, 4) is 22.3 Å². The van der Waals surface area contributed by atoms with Crippen molar-refractivity contribution in [1.82, 2.24) is 0 Å². The van der Waals surface area contributed by atoms with E-state index in [-0.39, 0.29) is 17.4 Å². The molecule has 1 heteroatoms. The van der Waals surface area contributed by atoms with Gasteiger partial charge in [-0.2, -0.15) is 0 Å². The number of hydrogen-bond acceptors (Lipinski definition) is 1. The van der Waals surface area contributed by atoms with E-state index < -0.39 is 0 Å². The molecule has 1 nitrogen and oxygen atoms in total. The normalized spacial score (nSPS) is 15.3. The molecule has 4 aromatic carbocycles. The molecule has 1 aliphatic rings. The van der Waals surface area contributed by atoms with E-state index in [9.17, 15) is 0 Å². The lowest BCUT2D eigenvalue weighted by atomic mass is 9.82. The fraction of sp³-hybridized carbons (Fsp3) is 0.273. The maximum atomic E-state index is 9.01. The van der Waals surface area contributed by atoms with Crippen LogP contribution in [0.2, 0.25) is 0 Å². The SMILES string of the molecule is [2H]C(C)c1c(N(c2cccc(-c3ccccc3)c2)C(C)(C)C)ccc2c1-c1ccccc1C2(C)C. The molecule has 1 atom stereocenters. The van der Waals surface area contributed by atoms with E-state index in [0.29, 0.717) is 0 Å². The Balaban J connectivity index is 1.76. The maximum Gasteiger partial charge on any atom is 0.0454 e. The van der Waals surface area contributed by atoms with Gasteiger partial charge in [0.2, 0.25) is 0 Å². The van der Waals surface area contributed by atoms with Gasteiger partial charge < -0.3 is 4.90 Å². The molecule has 0 heterocycles. The van der Waals surface area contributed by atoms with E-state index in [0.717, 1.165) is 16.9 Å². The van der Waals surface area contributed by atoms with Crippen LogP contribution in [0.1, 0.15) is 59.6 Å². The lowest BCUT2D eigenvalue weighted by Crippen LogP contribution is -2.38. The van der Waals surface area contributed by atoms with Crippen molar-refractivity contribution in [2.24, 2.45) is 0 Å². The number of benzene rings is 4. The highest BCUT2D eigenvalue weighted by Gasteiger charge is 2.38. The van der Waals surface area contributed by atoms with Gasteiger partial charge in [-0.15, -0.1) is 0 Å². The van der Waals surface area contributed by atoms with Crippen molar-refractivity contribution in [1.29, 1.82) is 0 Å². The minimum Gasteiger partial charge on any atom is -0.336 e. The zero-order valence-electron chi connectivity index (χ0n) is 22.2. The van der Waals surface area contributed by atoms with Gasteiger partial charge in [0.05, 0.1) is 0 Å². The molecule has 0 spiro atoms. The van der Waals surface area contributed by atoms with Crippen LogP contribution in [0.3, 0.4) is 0 Å². The number of nitrogens with zero attached hydrogens (tertiary/aromatic N) is 1. The monoisotopic (exact) mass is 446 g/mol. The molecule has 1 aliphatic carbocycles. The van der Waals surface area contributed by atoms with Crippen molar-refractivity contribution in [2.45, 2.75) is 58.9 Å². The molecule has 0 saturated carbocycles. The van der Waals surface area contributed by atoms with Crippen molar-refractivity contribution in [2.75, 3.05) is 4.90 Å². The second kappa shape index (κ2) is 8.17. The lowest BCUT2D eigenvalue weighted by Gasteiger charge is -2.40. The minimum absolute atomic E-state index is 0.0755. The third kappa shape index (κ3) is 3.55. The van der Waals surface area contributed by atoms with Gasteiger partial charge in [0, 0.05) is 23.7 Å². The Hall–Kier alpha value is -3.32. The molecule has 0 radical (unpaired) electrons. The average molecular weight is 447 g/mol. The van der Waals surface area contributed by atoms with E-state index in [2.05, 4.69) is 131 Å². The topological polar surface area (TPSA) is 3.24 Å². The van der Waals surface area contributed by atoms with Gasteiger partial charge in [0.1, 0.15) is 0 Å². The summed E-state index contributed by atoms with van der Waals surface area (Å²) in [5.74, 6) is 0. The summed E-state index contributed by atoms with van der Waals surface area (Å²) in [5, 5.41) is 0. The molecule has 34 heavy (non-hydrogen) atoms. The first-order chi connectivity index (χ1) is 16.6. The summed E-state index contributed by atoms with van der Waals surface area (Å²) in [6.07, 6.45) is -0.357. The van der Waals surface area contributed by atoms with Crippen LogP contribution in [0.25, 0.3) is 22.3 Å². The highest BCUT2D eigenvalue weighted by molar-refractivity contribution is 5.88. The van der Waals surface area contributed by atoms with Crippen LogP contribution in [0, 0.1) is 0 Å². The highest BCUT2D eigenvalue weighted by Crippen LogP contribution is 2.53. The number of hydrogen-bond donors (Lipinski definition) is 0. The van der Waals surface area contributed by atoms with E-state index in [4.69, 9.17) is 1.37 Å². The smallest absolute Gasteiger partial charge is 0.0454 e. The van der Waals surface area contributed by atoms with Crippen LogP contribution in [-0.4, -0.2) is 5.54 Å². The first-order valence-corrected chi connectivity index (χ1v) is 12.3. The lowest BCUT2D eigenvalue weighted by molar-refractivity contribution is 0.559. The Kier molecular flexibility index (Phi) is 5.10. The van der Waals surface area contributed by atoms with Crippen LogP contribution < -0.4 is 4.90 Å². The van der Waals surface area contributed by atoms with Gasteiger partial charge in [-0.1, -0.05) is 93.6 Å². The van der Waals surface area contributed by atoms with Crippen LogP contribution >= 0.6 is 0 Å². The molecule has 0 saturated heterocycles. The highest BCUT2D eigenvalue weighted by atomic mass is 15.2. The molecule has 0 N–H and O–H groups in total. The summed E-state index contributed by atoms with van der Waals surface area (Å²) in [4.78, 5) is 2.42. The van der Waals surface area contributed by atoms with Crippen molar-refractivity contribution < 1.29 is 1.37 Å². The molecular weight excluding hydrogens is 410 g/mol. The predicted molar refractivity (Wildman–Crippen MR) is 147 cm³/mol. The van der Waals surface area contributed by atoms with Gasteiger partial charge in [-0.05, 0) is 84.3 Å². The van der Waals surface area contributed by atoms with E-state index in [1.54, 1.807) is 0 Å². The predicted octanol–water partition coefficient (Wildman–Crippen LogP) is 9.16. The van der Waals surface area contributed by atoms with Crippen LogP contribution in [-0.2, 0) is 11.8 Å². The van der Waals surface area contributed by atoms with Gasteiger partial charge in [-0.3, -0.25) is 0 Å². The largest absolute Gasteiger partial charge is 0.336 e. The Morgan fingerprint density at radius 2 is 1.44 bits per heavy atom. The first kappa shape index (κ1) is 21.2. The van der Waals surface area contributed by atoms with Gasteiger partial charge >= 0.3 is 0 Å². The van der Waals surface area contributed by atoms with Gasteiger partial charge in [-0.25, -0.2) is 0 Å². The van der Waals surface area contributed by atoms with E-state index in [1.165, 1.54) is 33.4 Å².